The molecule has 0 radical (unpaired) electrons. The van der Waals surface area contributed by atoms with Gasteiger partial charge in [0.1, 0.15) is 0 Å². The van der Waals surface area contributed by atoms with Gasteiger partial charge in [-0.05, 0) is 31.6 Å². The molecule has 0 heterocycles. The Morgan fingerprint density at radius 1 is 0.682 bits per heavy atom. The molecule has 0 spiro atoms. The first kappa shape index (κ1) is 22.0. The van der Waals surface area contributed by atoms with Gasteiger partial charge in [-0.25, -0.2) is 8.78 Å². The molecular formula is C18H36F2OS. The number of rotatable bonds is 13. The van der Waals surface area contributed by atoms with Crippen molar-refractivity contribution >= 4 is 10.8 Å². The summed E-state index contributed by atoms with van der Waals surface area (Å²) >= 11 is 0. The Morgan fingerprint density at radius 2 is 1.14 bits per heavy atom. The second-order valence-corrected chi connectivity index (χ2v) is 9.50. The van der Waals surface area contributed by atoms with Crippen molar-refractivity contribution in [2.75, 3.05) is 11.5 Å². The van der Waals surface area contributed by atoms with Crippen molar-refractivity contribution in [3.8, 4) is 0 Å². The zero-order valence-electron chi connectivity index (χ0n) is 15.1. The molecule has 0 saturated heterocycles. The van der Waals surface area contributed by atoms with Gasteiger partial charge in [0, 0.05) is 28.7 Å². The topological polar surface area (TPSA) is 17.1 Å². The minimum absolute atomic E-state index is 0.146. The third-order valence-corrected chi connectivity index (χ3v) is 5.27. The van der Waals surface area contributed by atoms with Gasteiger partial charge in [0.05, 0.1) is 0 Å². The van der Waals surface area contributed by atoms with Gasteiger partial charge in [-0.2, -0.15) is 0 Å². The van der Waals surface area contributed by atoms with Crippen molar-refractivity contribution < 1.29 is 13.0 Å². The molecule has 4 heteroatoms. The molecule has 0 aromatic carbocycles. The lowest BCUT2D eigenvalue weighted by Crippen LogP contribution is -2.12. The van der Waals surface area contributed by atoms with Gasteiger partial charge in [0.2, 0.25) is 5.92 Å². The molecule has 22 heavy (non-hydrogen) atoms. The van der Waals surface area contributed by atoms with Gasteiger partial charge in [0.25, 0.3) is 0 Å². The largest absolute Gasteiger partial charge is 0.260 e. The van der Waals surface area contributed by atoms with Crippen LogP contribution in [0, 0.1) is 5.41 Å². The maximum atomic E-state index is 12.6. The van der Waals surface area contributed by atoms with Crippen LogP contribution in [0.1, 0.15) is 91.9 Å². The maximum Gasteiger partial charge on any atom is 0.245 e. The molecule has 1 unspecified atom stereocenters. The molecule has 0 N–H and O–H groups in total. The van der Waals surface area contributed by atoms with Crippen LogP contribution in [0.15, 0.2) is 0 Å². The van der Waals surface area contributed by atoms with E-state index in [1.54, 1.807) is 0 Å². The highest BCUT2D eigenvalue weighted by Gasteiger charge is 2.20. The molecule has 0 aliphatic carbocycles. The Hall–Kier alpha value is 0.01000. The van der Waals surface area contributed by atoms with Gasteiger partial charge in [-0.1, -0.05) is 59.3 Å². The molecule has 0 bridgehead atoms. The highest BCUT2D eigenvalue weighted by Crippen LogP contribution is 2.22. The molecule has 1 nitrogen and oxygen atoms in total. The Balaban J connectivity index is 3.30. The average Bonchev–Trinajstić information content (AvgIpc) is 2.33. The molecule has 0 fully saturated rings. The summed E-state index contributed by atoms with van der Waals surface area (Å²) < 4.78 is 36.9. The number of hydrogen-bond acceptors (Lipinski definition) is 1. The smallest absolute Gasteiger partial charge is 0.245 e. The van der Waals surface area contributed by atoms with Crippen molar-refractivity contribution in [2.24, 2.45) is 5.41 Å². The third kappa shape index (κ3) is 18.1. The Morgan fingerprint density at radius 3 is 1.64 bits per heavy atom. The zero-order chi connectivity index (χ0) is 17.1. The maximum absolute atomic E-state index is 12.6. The van der Waals surface area contributed by atoms with Crippen LogP contribution in [0.2, 0.25) is 0 Å². The van der Waals surface area contributed by atoms with E-state index < -0.39 is 16.7 Å². The first-order valence-corrected chi connectivity index (χ1v) is 10.3. The van der Waals surface area contributed by atoms with E-state index in [2.05, 4.69) is 20.8 Å². The molecule has 0 aromatic heterocycles. The van der Waals surface area contributed by atoms with E-state index in [9.17, 15) is 13.0 Å². The summed E-state index contributed by atoms with van der Waals surface area (Å²) in [7, 11) is -0.908. The van der Waals surface area contributed by atoms with Crippen LogP contribution >= 0.6 is 0 Å². The number of unbranched alkanes of at least 4 members (excludes halogenated alkanes) is 6. The van der Waals surface area contributed by atoms with Crippen LogP contribution in [0.3, 0.4) is 0 Å². The molecule has 0 saturated carbocycles. The quantitative estimate of drug-likeness (QED) is 0.358. The van der Waals surface area contributed by atoms with Crippen molar-refractivity contribution in [3.63, 3.8) is 0 Å². The van der Waals surface area contributed by atoms with Crippen LogP contribution in [0.25, 0.3) is 0 Å². The summed E-state index contributed by atoms with van der Waals surface area (Å²) in [5.74, 6) is -1.51. The number of halogens is 2. The Bertz CT molecular complexity index is 292. The minimum Gasteiger partial charge on any atom is -0.260 e. The SMILES string of the molecule is CC(C)(C)CCCCCCCCCS(=O)CCCC(C)(F)F. The van der Waals surface area contributed by atoms with Gasteiger partial charge < -0.3 is 0 Å². The first-order valence-electron chi connectivity index (χ1n) is 8.83. The monoisotopic (exact) mass is 338 g/mol. The van der Waals surface area contributed by atoms with E-state index in [4.69, 9.17) is 0 Å². The molecule has 0 aliphatic rings. The summed E-state index contributed by atoms with van der Waals surface area (Å²) in [6.07, 6.45) is 10.00. The zero-order valence-corrected chi connectivity index (χ0v) is 15.9. The summed E-state index contributed by atoms with van der Waals surface area (Å²) in [5.41, 5.74) is 0.450. The Kier molecular flexibility index (Phi) is 11.5. The van der Waals surface area contributed by atoms with Gasteiger partial charge in [-0.15, -0.1) is 0 Å². The van der Waals surface area contributed by atoms with E-state index in [1.165, 1.54) is 38.5 Å². The fraction of sp³-hybridized carbons (Fsp3) is 1.00. The van der Waals surface area contributed by atoms with Gasteiger partial charge >= 0.3 is 0 Å². The molecule has 1 atom stereocenters. The van der Waals surface area contributed by atoms with Crippen molar-refractivity contribution in [1.29, 1.82) is 0 Å². The molecule has 0 aliphatic heterocycles. The summed E-state index contributed by atoms with van der Waals surface area (Å²) in [6.45, 7) is 7.79. The number of alkyl halides is 2. The fourth-order valence-electron chi connectivity index (χ4n) is 2.45. The predicted octanol–water partition coefficient (Wildman–Crippen LogP) is 6.34. The summed E-state index contributed by atoms with van der Waals surface area (Å²) in [5, 5.41) is 0. The highest BCUT2D eigenvalue weighted by atomic mass is 32.2. The van der Waals surface area contributed by atoms with E-state index >= 15 is 0 Å². The Labute approximate surface area is 139 Å². The van der Waals surface area contributed by atoms with Gasteiger partial charge in [0.15, 0.2) is 0 Å². The lowest BCUT2D eigenvalue weighted by Gasteiger charge is -2.17. The molecule has 0 rings (SSSR count). The molecule has 0 amide bonds. The van der Waals surface area contributed by atoms with Crippen LogP contribution in [-0.2, 0) is 10.8 Å². The minimum atomic E-state index is -2.61. The molecule has 0 aromatic rings. The third-order valence-electron chi connectivity index (χ3n) is 3.79. The van der Waals surface area contributed by atoms with Crippen molar-refractivity contribution in [1.82, 2.24) is 0 Å². The normalized spacial score (nSPS) is 14.3. The lowest BCUT2D eigenvalue weighted by molar-refractivity contribution is 0.0125. The van der Waals surface area contributed by atoms with Gasteiger partial charge in [-0.3, -0.25) is 4.21 Å². The summed E-state index contributed by atoms with van der Waals surface area (Å²) in [6, 6.07) is 0. The summed E-state index contributed by atoms with van der Waals surface area (Å²) in [4.78, 5) is 0. The van der Waals surface area contributed by atoms with E-state index in [0.29, 0.717) is 23.3 Å². The number of hydrogen-bond donors (Lipinski definition) is 0. The molecular weight excluding hydrogens is 302 g/mol. The van der Waals surface area contributed by atoms with Crippen LogP contribution < -0.4 is 0 Å². The average molecular weight is 339 g/mol. The van der Waals surface area contributed by atoms with E-state index in [-0.39, 0.29) is 6.42 Å². The van der Waals surface area contributed by atoms with Crippen molar-refractivity contribution in [2.45, 2.75) is 97.8 Å². The first-order chi connectivity index (χ1) is 10.1. The van der Waals surface area contributed by atoms with E-state index in [0.717, 1.165) is 19.8 Å². The highest BCUT2D eigenvalue weighted by molar-refractivity contribution is 7.84. The predicted molar refractivity (Wildman–Crippen MR) is 94.1 cm³/mol. The second-order valence-electron chi connectivity index (χ2n) is 7.81. The fourth-order valence-corrected chi connectivity index (χ4v) is 3.64. The van der Waals surface area contributed by atoms with Crippen LogP contribution in [0.5, 0.6) is 0 Å². The standard InChI is InChI=1S/C18H36F2OS/c1-17(2,3)13-10-8-6-5-7-9-11-15-22(21)16-12-14-18(4,19)20/h5-16H2,1-4H3. The van der Waals surface area contributed by atoms with Crippen molar-refractivity contribution in [3.05, 3.63) is 0 Å². The van der Waals surface area contributed by atoms with Crippen LogP contribution in [-0.4, -0.2) is 21.6 Å². The lowest BCUT2D eigenvalue weighted by atomic mass is 9.89. The van der Waals surface area contributed by atoms with Crippen LogP contribution in [0.4, 0.5) is 8.78 Å². The van der Waals surface area contributed by atoms with E-state index in [1.807, 2.05) is 0 Å². The molecule has 134 valence electrons. The second kappa shape index (κ2) is 11.5.